The third-order valence-electron chi connectivity index (χ3n) is 3.25. The molecule has 1 N–H and O–H groups in total. The fourth-order valence-corrected chi connectivity index (χ4v) is 4.56. The normalized spacial score (nSPS) is 13.2. The summed E-state index contributed by atoms with van der Waals surface area (Å²) in [6, 6.07) is 19.6. The van der Waals surface area contributed by atoms with Crippen LogP contribution in [0.5, 0.6) is 0 Å². The molecule has 2 nitrogen and oxygen atoms in total. The zero-order chi connectivity index (χ0) is 13.7. The monoisotopic (exact) mass is 273 g/mol. The predicted molar refractivity (Wildman–Crippen MR) is 82.6 cm³/mol. The Morgan fingerprint density at radius 2 is 1.37 bits per heavy atom. The molecule has 0 bridgehead atoms. The molecule has 0 aliphatic rings. The first-order chi connectivity index (χ1) is 9.16. The van der Waals surface area contributed by atoms with Crippen LogP contribution in [0.1, 0.15) is 20.3 Å². The molecule has 1 atom stereocenters. The smallest absolute Gasteiger partial charge is 0.204 e. The molecule has 0 heterocycles. The standard InChI is InChI=1S/C16H20NOP/c1-3-14(2)17-19(18,15-10-6-4-7-11-15)16-12-8-5-9-13-16/h4-14H,3H2,1-2H3,(H,17,18)/t14-/m0/s1. The summed E-state index contributed by atoms with van der Waals surface area (Å²) in [6.45, 7) is 4.16. The minimum atomic E-state index is -2.75. The highest BCUT2D eigenvalue weighted by molar-refractivity contribution is 7.76. The van der Waals surface area contributed by atoms with Crippen LogP contribution in [-0.2, 0) is 4.57 Å². The maximum Gasteiger partial charge on any atom is 0.204 e. The summed E-state index contributed by atoms with van der Waals surface area (Å²) in [5.74, 6) is 0. The number of benzene rings is 2. The van der Waals surface area contributed by atoms with Gasteiger partial charge in [0, 0.05) is 16.7 Å². The van der Waals surface area contributed by atoms with Crippen molar-refractivity contribution < 1.29 is 4.57 Å². The van der Waals surface area contributed by atoms with Crippen molar-refractivity contribution in [3.63, 3.8) is 0 Å². The Kier molecular flexibility index (Phi) is 4.57. The molecular formula is C16H20NOP. The summed E-state index contributed by atoms with van der Waals surface area (Å²) >= 11 is 0. The Hall–Kier alpha value is -1.37. The van der Waals surface area contributed by atoms with Gasteiger partial charge in [0.2, 0.25) is 7.29 Å². The largest absolute Gasteiger partial charge is 0.297 e. The van der Waals surface area contributed by atoms with Gasteiger partial charge in [0.05, 0.1) is 0 Å². The molecule has 2 rings (SSSR count). The van der Waals surface area contributed by atoms with E-state index in [1.54, 1.807) is 0 Å². The van der Waals surface area contributed by atoms with Crippen LogP contribution in [0.4, 0.5) is 0 Å². The maximum atomic E-state index is 13.5. The van der Waals surface area contributed by atoms with E-state index in [0.29, 0.717) is 0 Å². The van der Waals surface area contributed by atoms with Crippen LogP contribution in [0, 0.1) is 0 Å². The van der Waals surface area contributed by atoms with Crippen LogP contribution in [0.15, 0.2) is 60.7 Å². The lowest BCUT2D eigenvalue weighted by atomic mass is 10.3. The minimum Gasteiger partial charge on any atom is -0.297 e. The lowest BCUT2D eigenvalue weighted by Gasteiger charge is -2.24. The van der Waals surface area contributed by atoms with Crippen molar-refractivity contribution in [2.45, 2.75) is 26.3 Å². The molecule has 100 valence electrons. The first-order valence-corrected chi connectivity index (χ1v) is 8.36. The van der Waals surface area contributed by atoms with Gasteiger partial charge in [-0.05, 0) is 37.6 Å². The van der Waals surface area contributed by atoms with Gasteiger partial charge in [-0.3, -0.25) is 9.65 Å². The van der Waals surface area contributed by atoms with Gasteiger partial charge in [-0.25, -0.2) is 0 Å². The number of hydrogen-bond donors (Lipinski definition) is 1. The van der Waals surface area contributed by atoms with E-state index in [4.69, 9.17) is 0 Å². The van der Waals surface area contributed by atoms with Crippen LogP contribution >= 0.6 is 7.29 Å². The zero-order valence-electron chi connectivity index (χ0n) is 11.4. The molecule has 3 heteroatoms. The van der Waals surface area contributed by atoms with E-state index in [-0.39, 0.29) is 6.04 Å². The molecule has 2 aromatic rings. The molecular weight excluding hydrogens is 253 g/mol. The van der Waals surface area contributed by atoms with Gasteiger partial charge in [-0.2, -0.15) is 0 Å². The van der Waals surface area contributed by atoms with Gasteiger partial charge < -0.3 is 0 Å². The van der Waals surface area contributed by atoms with E-state index in [1.807, 2.05) is 60.7 Å². The Labute approximate surface area is 115 Å². The molecule has 0 aliphatic carbocycles. The predicted octanol–water partition coefficient (Wildman–Crippen LogP) is 3.30. The molecule has 0 unspecified atom stereocenters. The topological polar surface area (TPSA) is 29.1 Å². The second kappa shape index (κ2) is 6.18. The van der Waals surface area contributed by atoms with Crippen molar-refractivity contribution in [1.82, 2.24) is 5.09 Å². The molecule has 0 fully saturated rings. The van der Waals surface area contributed by atoms with Crippen molar-refractivity contribution in [3.05, 3.63) is 60.7 Å². The lowest BCUT2D eigenvalue weighted by Crippen LogP contribution is -2.33. The molecule has 19 heavy (non-hydrogen) atoms. The van der Waals surface area contributed by atoms with E-state index >= 15 is 0 Å². The summed E-state index contributed by atoms with van der Waals surface area (Å²) in [5, 5.41) is 5.06. The number of hydrogen-bond acceptors (Lipinski definition) is 1. The summed E-state index contributed by atoms with van der Waals surface area (Å²) in [6.07, 6.45) is 0.948. The second-order valence-electron chi connectivity index (χ2n) is 4.72. The molecule has 0 aliphatic heterocycles. The maximum absolute atomic E-state index is 13.5. The molecule has 0 radical (unpaired) electrons. The van der Waals surface area contributed by atoms with Crippen molar-refractivity contribution in [2.75, 3.05) is 0 Å². The fourth-order valence-electron chi connectivity index (χ4n) is 1.98. The quantitative estimate of drug-likeness (QED) is 0.847. The van der Waals surface area contributed by atoms with E-state index in [2.05, 4.69) is 18.9 Å². The summed E-state index contributed by atoms with van der Waals surface area (Å²) in [5.41, 5.74) is 0. The Bertz CT molecular complexity index is 510. The molecule has 0 spiro atoms. The van der Waals surface area contributed by atoms with Crippen LogP contribution < -0.4 is 15.7 Å². The van der Waals surface area contributed by atoms with Crippen molar-refractivity contribution in [3.8, 4) is 0 Å². The van der Waals surface area contributed by atoms with E-state index in [1.165, 1.54) is 0 Å². The third-order valence-corrected chi connectivity index (χ3v) is 6.11. The van der Waals surface area contributed by atoms with Crippen molar-refractivity contribution in [2.24, 2.45) is 0 Å². The van der Waals surface area contributed by atoms with Crippen LogP contribution in [0.25, 0.3) is 0 Å². The van der Waals surface area contributed by atoms with E-state index < -0.39 is 7.29 Å². The highest BCUT2D eigenvalue weighted by Crippen LogP contribution is 2.39. The van der Waals surface area contributed by atoms with Crippen LogP contribution in [0.2, 0.25) is 0 Å². The highest BCUT2D eigenvalue weighted by Gasteiger charge is 2.27. The Morgan fingerprint density at radius 1 is 0.947 bits per heavy atom. The Morgan fingerprint density at radius 3 is 1.74 bits per heavy atom. The second-order valence-corrected chi connectivity index (χ2v) is 7.23. The lowest BCUT2D eigenvalue weighted by molar-refractivity contribution is 0.560. The van der Waals surface area contributed by atoms with E-state index in [0.717, 1.165) is 17.0 Å². The van der Waals surface area contributed by atoms with Crippen LogP contribution in [-0.4, -0.2) is 6.04 Å². The van der Waals surface area contributed by atoms with Crippen molar-refractivity contribution in [1.29, 1.82) is 0 Å². The third kappa shape index (κ3) is 3.15. The minimum absolute atomic E-state index is 0.214. The average molecular weight is 273 g/mol. The van der Waals surface area contributed by atoms with Crippen LogP contribution in [0.3, 0.4) is 0 Å². The Balaban J connectivity index is 2.48. The highest BCUT2D eigenvalue weighted by atomic mass is 31.2. The number of rotatable bonds is 5. The summed E-state index contributed by atoms with van der Waals surface area (Å²) in [7, 11) is -2.75. The van der Waals surface area contributed by atoms with Gasteiger partial charge in [0.15, 0.2) is 0 Å². The molecule has 0 saturated carbocycles. The summed E-state index contributed by atoms with van der Waals surface area (Å²) in [4.78, 5) is 0. The van der Waals surface area contributed by atoms with Gasteiger partial charge in [0.1, 0.15) is 0 Å². The fraction of sp³-hybridized carbons (Fsp3) is 0.250. The SMILES string of the molecule is CC[C@H](C)NP(=O)(c1ccccc1)c1ccccc1. The van der Waals surface area contributed by atoms with Gasteiger partial charge in [-0.15, -0.1) is 0 Å². The van der Waals surface area contributed by atoms with Gasteiger partial charge >= 0.3 is 0 Å². The molecule has 0 amide bonds. The van der Waals surface area contributed by atoms with Crippen molar-refractivity contribution >= 4 is 17.9 Å². The molecule has 0 saturated heterocycles. The van der Waals surface area contributed by atoms with E-state index in [9.17, 15) is 4.57 Å². The first-order valence-electron chi connectivity index (χ1n) is 6.66. The average Bonchev–Trinajstić information content (AvgIpc) is 2.48. The van der Waals surface area contributed by atoms with Gasteiger partial charge in [-0.1, -0.05) is 43.3 Å². The zero-order valence-corrected chi connectivity index (χ0v) is 12.3. The summed E-state index contributed by atoms with van der Waals surface area (Å²) < 4.78 is 13.5. The van der Waals surface area contributed by atoms with Gasteiger partial charge in [0.25, 0.3) is 0 Å². The first kappa shape index (κ1) is 14.0. The molecule has 2 aromatic carbocycles. The number of nitrogens with one attached hydrogen (secondary N) is 1. The molecule has 0 aromatic heterocycles.